The van der Waals surface area contributed by atoms with Gasteiger partial charge in [0.05, 0.1) is 25.6 Å². The summed E-state index contributed by atoms with van der Waals surface area (Å²) in [6, 6.07) is 16.8. The van der Waals surface area contributed by atoms with E-state index < -0.39 is 11.8 Å². The van der Waals surface area contributed by atoms with Crippen molar-refractivity contribution in [1.82, 2.24) is 5.43 Å². The molecule has 11 heteroatoms. The van der Waals surface area contributed by atoms with Gasteiger partial charge >= 0.3 is 11.8 Å². The predicted molar refractivity (Wildman–Crippen MR) is 145 cm³/mol. The maximum Gasteiger partial charge on any atom is 0.329 e. The van der Waals surface area contributed by atoms with Crippen LogP contribution in [0.15, 0.2) is 65.8 Å². The third-order valence-corrected chi connectivity index (χ3v) is 5.52. The number of carbonyl (C=O) groups is 3. The highest BCUT2D eigenvalue weighted by atomic mass is 35.5. The highest BCUT2D eigenvalue weighted by Gasteiger charge is 2.15. The number of nitrogens with zero attached hydrogens (tertiary/aromatic N) is 1. The molecule has 3 amide bonds. The lowest BCUT2D eigenvalue weighted by molar-refractivity contribution is -0.136. The van der Waals surface area contributed by atoms with E-state index >= 15 is 0 Å². The van der Waals surface area contributed by atoms with E-state index in [0.717, 1.165) is 5.56 Å². The van der Waals surface area contributed by atoms with E-state index in [2.05, 4.69) is 21.2 Å². The molecule has 0 saturated carbocycles. The second-order valence-electron chi connectivity index (χ2n) is 7.74. The highest BCUT2D eigenvalue weighted by Crippen LogP contribution is 2.28. The van der Waals surface area contributed by atoms with Crippen molar-refractivity contribution in [1.29, 1.82) is 0 Å². The van der Waals surface area contributed by atoms with Gasteiger partial charge in [-0.1, -0.05) is 29.8 Å². The van der Waals surface area contributed by atoms with Crippen molar-refractivity contribution >= 4 is 46.9 Å². The molecule has 0 heterocycles. The Morgan fingerprint density at radius 1 is 0.895 bits per heavy atom. The van der Waals surface area contributed by atoms with Gasteiger partial charge in [-0.3, -0.25) is 14.4 Å². The standard InChI is InChI=1S/C27H27ClN4O6/c1-4-37-22-11-6-5-9-21(22)31-26(34)27(35)32-29-15-18-12-13-23(24(14-18)36-3)38-16-25(33)30-20-10-7-8-19(28)17(20)2/h5-15H,4,16H2,1-3H3,(H,30,33)(H,31,34)(H,32,35)/b29-15-. The SMILES string of the molecule is CCOc1ccccc1NC(=O)C(=O)N/N=C\c1ccc(OCC(=O)Nc2cccc(Cl)c2C)c(OC)c1. The van der Waals surface area contributed by atoms with Crippen molar-refractivity contribution in [3.05, 3.63) is 76.8 Å². The average molecular weight is 539 g/mol. The first-order chi connectivity index (χ1) is 18.3. The van der Waals surface area contributed by atoms with Crippen LogP contribution < -0.4 is 30.3 Å². The van der Waals surface area contributed by atoms with Crippen LogP contribution in [0.3, 0.4) is 0 Å². The number of amides is 3. The Kier molecular flexibility index (Phi) is 10.1. The van der Waals surface area contributed by atoms with Gasteiger partial charge in [-0.15, -0.1) is 0 Å². The molecule has 3 rings (SSSR count). The molecule has 0 spiro atoms. The number of ether oxygens (including phenoxy) is 3. The summed E-state index contributed by atoms with van der Waals surface area (Å²) < 4.78 is 16.4. The number of hydrazone groups is 1. The number of carbonyl (C=O) groups excluding carboxylic acids is 3. The van der Waals surface area contributed by atoms with Gasteiger partial charge in [-0.25, -0.2) is 5.43 Å². The van der Waals surface area contributed by atoms with Crippen molar-refractivity contribution in [3.63, 3.8) is 0 Å². The second kappa shape index (κ2) is 13.7. The number of benzene rings is 3. The van der Waals surface area contributed by atoms with E-state index in [1.165, 1.54) is 13.3 Å². The molecule has 10 nitrogen and oxygen atoms in total. The highest BCUT2D eigenvalue weighted by molar-refractivity contribution is 6.39. The first-order valence-electron chi connectivity index (χ1n) is 11.5. The summed E-state index contributed by atoms with van der Waals surface area (Å²) in [5.74, 6) is -1.10. The number of hydrogen-bond acceptors (Lipinski definition) is 7. The number of anilines is 2. The van der Waals surface area contributed by atoms with Gasteiger partial charge in [-0.2, -0.15) is 5.10 Å². The number of methoxy groups -OCH3 is 1. The Morgan fingerprint density at radius 3 is 2.42 bits per heavy atom. The molecule has 198 valence electrons. The van der Waals surface area contributed by atoms with Crippen molar-refractivity contribution in [2.75, 3.05) is 31.0 Å². The normalized spacial score (nSPS) is 10.5. The molecular weight excluding hydrogens is 512 g/mol. The largest absolute Gasteiger partial charge is 0.493 e. The number of halogens is 1. The third-order valence-electron chi connectivity index (χ3n) is 5.11. The molecule has 0 fully saturated rings. The maximum absolute atomic E-state index is 12.3. The lowest BCUT2D eigenvalue weighted by Gasteiger charge is -2.12. The summed E-state index contributed by atoms with van der Waals surface area (Å²) in [4.78, 5) is 36.7. The minimum absolute atomic E-state index is 0.257. The molecular formula is C27H27ClN4O6. The van der Waals surface area contributed by atoms with Crippen molar-refractivity contribution in [2.24, 2.45) is 5.10 Å². The number of para-hydroxylation sites is 2. The summed E-state index contributed by atoms with van der Waals surface area (Å²) in [5.41, 5.74) is 4.44. The monoisotopic (exact) mass is 538 g/mol. The number of rotatable bonds is 10. The lowest BCUT2D eigenvalue weighted by Crippen LogP contribution is -2.32. The van der Waals surface area contributed by atoms with Gasteiger partial charge in [0, 0.05) is 10.7 Å². The van der Waals surface area contributed by atoms with Gasteiger partial charge in [0.2, 0.25) is 0 Å². The van der Waals surface area contributed by atoms with Gasteiger partial charge in [0.15, 0.2) is 18.1 Å². The summed E-state index contributed by atoms with van der Waals surface area (Å²) in [6.07, 6.45) is 1.33. The van der Waals surface area contributed by atoms with Crippen LogP contribution in [0.5, 0.6) is 17.2 Å². The summed E-state index contributed by atoms with van der Waals surface area (Å²) in [5, 5.41) is 9.60. The molecule has 0 bridgehead atoms. The third kappa shape index (κ3) is 7.71. The zero-order valence-corrected chi connectivity index (χ0v) is 21.8. The Morgan fingerprint density at radius 2 is 1.66 bits per heavy atom. The molecule has 3 aromatic carbocycles. The van der Waals surface area contributed by atoms with Crippen LogP contribution in [-0.4, -0.2) is 44.3 Å². The molecule has 38 heavy (non-hydrogen) atoms. The van der Waals surface area contributed by atoms with E-state index in [-0.39, 0.29) is 12.5 Å². The molecule has 0 unspecified atom stereocenters. The van der Waals surface area contributed by atoms with Crippen LogP contribution in [0.1, 0.15) is 18.1 Å². The molecule has 0 radical (unpaired) electrons. The van der Waals surface area contributed by atoms with Gasteiger partial charge in [-0.05, 0) is 67.4 Å². The van der Waals surface area contributed by atoms with Crippen molar-refractivity contribution in [3.8, 4) is 17.2 Å². The Balaban J connectivity index is 1.55. The first-order valence-corrected chi connectivity index (χ1v) is 11.9. The van der Waals surface area contributed by atoms with E-state index in [9.17, 15) is 14.4 Å². The minimum atomic E-state index is -0.958. The van der Waals surface area contributed by atoms with Crippen LogP contribution in [0.25, 0.3) is 0 Å². The molecule has 0 saturated heterocycles. The topological polar surface area (TPSA) is 127 Å². The van der Waals surface area contributed by atoms with Crippen LogP contribution in [0, 0.1) is 6.92 Å². The van der Waals surface area contributed by atoms with Crippen molar-refractivity contribution in [2.45, 2.75) is 13.8 Å². The molecule has 0 atom stereocenters. The summed E-state index contributed by atoms with van der Waals surface area (Å²) in [7, 11) is 1.45. The minimum Gasteiger partial charge on any atom is -0.493 e. The Bertz CT molecular complexity index is 1340. The zero-order valence-electron chi connectivity index (χ0n) is 21.0. The Hall–Kier alpha value is -4.57. The fourth-order valence-electron chi connectivity index (χ4n) is 3.20. The van der Waals surface area contributed by atoms with E-state index in [4.69, 9.17) is 25.8 Å². The van der Waals surface area contributed by atoms with Gasteiger partial charge < -0.3 is 24.8 Å². The molecule has 0 aromatic heterocycles. The zero-order chi connectivity index (χ0) is 27.5. The molecule has 3 N–H and O–H groups in total. The smallest absolute Gasteiger partial charge is 0.329 e. The number of nitrogens with one attached hydrogen (secondary N) is 3. The van der Waals surface area contributed by atoms with E-state index in [1.807, 2.05) is 6.92 Å². The fraction of sp³-hybridized carbons (Fsp3) is 0.185. The molecule has 0 aliphatic rings. The fourth-order valence-corrected chi connectivity index (χ4v) is 3.38. The quantitative estimate of drug-likeness (QED) is 0.202. The lowest BCUT2D eigenvalue weighted by atomic mass is 10.2. The maximum atomic E-state index is 12.3. The van der Waals surface area contributed by atoms with Gasteiger partial charge in [0.1, 0.15) is 5.75 Å². The van der Waals surface area contributed by atoms with Gasteiger partial charge in [0.25, 0.3) is 5.91 Å². The summed E-state index contributed by atoms with van der Waals surface area (Å²) >= 11 is 6.09. The molecule has 0 aliphatic carbocycles. The predicted octanol–water partition coefficient (Wildman–Crippen LogP) is 4.16. The molecule has 0 aliphatic heterocycles. The van der Waals surface area contributed by atoms with Crippen LogP contribution in [-0.2, 0) is 14.4 Å². The number of hydrogen-bond donors (Lipinski definition) is 3. The second-order valence-corrected chi connectivity index (χ2v) is 8.15. The van der Waals surface area contributed by atoms with Crippen molar-refractivity contribution < 1.29 is 28.6 Å². The van der Waals surface area contributed by atoms with Crippen LogP contribution >= 0.6 is 11.6 Å². The van der Waals surface area contributed by atoms with Crippen LogP contribution in [0.2, 0.25) is 5.02 Å². The van der Waals surface area contributed by atoms with Crippen LogP contribution in [0.4, 0.5) is 11.4 Å². The Labute approximate surface area is 224 Å². The summed E-state index contributed by atoms with van der Waals surface area (Å²) in [6.45, 7) is 3.77. The first kappa shape index (κ1) is 28.0. The van der Waals surface area contributed by atoms with E-state index in [1.54, 1.807) is 67.6 Å². The van der Waals surface area contributed by atoms with E-state index in [0.29, 0.717) is 45.8 Å². The molecule has 3 aromatic rings. The average Bonchev–Trinajstić information content (AvgIpc) is 2.91.